The van der Waals surface area contributed by atoms with Crippen molar-refractivity contribution in [3.8, 4) is 5.75 Å². The first-order valence-electron chi connectivity index (χ1n) is 6.53. The van der Waals surface area contributed by atoms with Crippen LogP contribution in [-0.4, -0.2) is 24.8 Å². The highest BCUT2D eigenvalue weighted by molar-refractivity contribution is 5.49. The Hall–Kier alpha value is -2.00. The Labute approximate surface area is 113 Å². The molecule has 0 amide bonds. The van der Waals surface area contributed by atoms with E-state index < -0.39 is 0 Å². The van der Waals surface area contributed by atoms with Crippen LogP contribution in [0.25, 0.3) is 0 Å². The third-order valence-electron chi connectivity index (χ3n) is 3.45. The Bertz CT molecular complexity index is 524. The molecule has 1 unspecified atom stereocenters. The number of anilines is 1. The zero-order chi connectivity index (χ0) is 13.1. The average Bonchev–Trinajstić information content (AvgIpc) is 2.49. The minimum atomic E-state index is 0.115. The van der Waals surface area contributed by atoms with Crippen molar-refractivity contribution in [3.63, 3.8) is 0 Å². The maximum atomic E-state index is 9.34. The molecule has 1 saturated heterocycles. The smallest absolute Gasteiger partial charge is 0.115 e. The monoisotopic (exact) mass is 255 g/mol. The van der Waals surface area contributed by atoms with Crippen LogP contribution in [0, 0.1) is 0 Å². The van der Waals surface area contributed by atoms with Crippen molar-refractivity contribution in [1.82, 2.24) is 0 Å². The number of hydrogen-bond donors (Lipinski definition) is 1. The molecule has 2 aromatic rings. The van der Waals surface area contributed by atoms with Gasteiger partial charge in [-0.15, -0.1) is 0 Å². The summed E-state index contributed by atoms with van der Waals surface area (Å²) in [5.41, 5.74) is 2.34. The van der Waals surface area contributed by atoms with Crippen molar-refractivity contribution >= 4 is 5.69 Å². The summed E-state index contributed by atoms with van der Waals surface area (Å²) in [6.07, 6.45) is 0.115. The van der Waals surface area contributed by atoms with Gasteiger partial charge < -0.3 is 14.7 Å². The fourth-order valence-corrected chi connectivity index (χ4v) is 2.42. The summed E-state index contributed by atoms with van der Waals surface area (Å²) < 4.78 is 5.85. The largest absolute Gasteiger partial charge is 0.508 e. The first kappa shape index (κ1) is 12.1. The zero-order valence-corrected chi connectivity index (χ0v) is 10.7. The van der Waals surface area contributed by atoms with E-state index in [4.69, 9.17) is 4.74 Å². The fourth-order valence-electron chi connectivity index (χ4n) is 2.42. The summed E-state index contributed by atoms with van der Waals surface area (Å²) in [6.45, 7) is 2.45. The third kappa shape index (κ3) is 2.71. The van der Waals surface area contributed by atoms with Crippen molar-refractivity contribution in [3.05, 3.63) is 60.2 Å². The first-order chi connectivity index (χ1) is 9.33. The van der Waals surface area contributed by atoms with Crippen LogP contribution in [0.3, 0.4) is 0 Å². The van der Waals surface area contributed by atoms with Crippen LogP contribution in [-0.2, 0) is 4.74 Å². The number of hydrogen-bond acceptors (Lipinski definition) is 3. The van der Waals surface area contributed by atoms with Gasteiger partial charge in [-0.2, -0.15) is 0 Å². The highest BCUT2D eigenvalue weighted by atomic mass is 16.5. The van der Waals surface area contributed by atoms with Gasteiger partial charge in [0.2, 0.25) is 0 Å². The molecule has 3 rings (SSSR count). The Morgan fingerprint density at radius 2 is 1.74 bits per heavy atom. The van der Waals surface area contributed by atoms with E-state index >= 15 is 0 Å². The minimum Gasteiger partial charge on any atom is -0.508 e. The summed E-state index contributed by atoms with van der Waals surface area (Å²) in [4.78, 5) is 2.29. The van der Waals surface area contributed by atoms with Gasteiger partial charge in [-0.05, 0) is 29.8 Å². The van der Waals surface area contributed by atoms with Crippen molar-refractivity contribution in [2.45, 2.75) is 6.10 Å². The van der Waals surface area contributed by atoms with E-state index in [2.05, 4.69) is 17.0 Å². The normalized spacial score (nSPS) is 19.4. The molecule has 0 saturated carbocycles. The molecular weight excluding hydrogens is 238 g/mol. The van der Waals surface area contributed by atoms with Gasteiger partial charge in [-0.25, -0.2) is 0 Å². The third-order valence-corrected chi connectivity index (χ3v) is 3.45. The van der Waals surface area contributed by atoms with Crippen LogP contribution < -0.4 is 4.90 Å². The molecule has 0 radical (unpaired) electrons. The topological polar surface area (TPSA) is 32.7 Å². The van der Waals surface area contributed by atoms with Crippen LogP contribution in [0.5, 0.6) is 5.75 Å². The molecule has 0 aromatic heterocycles. The van der Waals surface area contributed by atoms with E-state index in [0.29, 0.717) is 5.75 Å². The van der Waals surface area contributed by atoms with Crippen LogP contribution in [0.2, 0.25) is 0 Å². The average molecular weight is 255 g/mol. The van der Waals surface area contributed by atoms with Crippen molar-refractivity contribution in [2.24, 2.45) is 0 Å². The van der Waals surface area contributed by atoms with Gasteiger partial charge in [0.05, 0.1) is 6.61 Å². The van der Waals surface area contributed by atoms with Crippen molar-refractivity contribution < 1.29 is 9.84 Å². The van der Waals surface area contributed by atoms with Crippen LogP contribution in [0.4, 0.5) is 5.69 Å². The maximum absolute atomic E-state index is 9.34. The quantitative estimate of drug-likeness (QED) is 0.895. The first-order valence-corrected chi connectivity index (χ1v) is 6.53. The van der Waals surface area contributed by atoms with E-state index in [0.717, 1.165) is 25.4 Å². The number of nitrogens with zero attached hydrogens (tertiary/aromatic N) is 1. The minimum absolute atomic E-state index is 0.115. The van der Waals surface area contributed by atoms with Crippen LogP contribution in [0.15, 0.2) is 54.6 Å². The molecule has 3 nitrogen and oxygen atoms in total. The molecule has 19 heavy (non-hydrogen) atoms. The molecule has 2 aromatic carbocycles. The molecule has 0 spiro atoms. The molecule has 1 aliphatic rings. The molecule has 98 valence electrons. The van der Waals surface area contributed by atoms with Crippen LogP contribution >= 0.6 is 0 Å². The summed E-state index contributed by atoms with van der Waals surface area (Å²) in [5.74, 6) is 0.302. The molecule has 1 aliphatic heterocycles. The number of morpholine rings is 1. The number of aromatic hydroxyl groups is 1. The highest BCUT2D eigenvalue weighted by Gasteiger charge is 2.21. The lowest BCUT2D eigenvalue weighted by atomic mass is 10.1. The predicted octanol–water partition coefficient (Wildman–Crippen LogP) is 2.97. The second-order valence-electron chi connectivity index (χ2n) is 4.73. The van der Waals surface area contributed by atoms with E-state index in [-0.39, 0.29) is 6.10 Å². The molecule has 3 heteroatoms. The standard InChI is InChI=1S/C16H17NO2/c18-15-8-6-14(7-9-15)17-10-11-19-16(12-17)13-4-2-1-3-5-13/h1-9,16,18H,10-12H2. The van der Waals surface area contributed by atoms with Crippen LogP contribution in [0.1, 0.15) is 11.7 Å². The van der Waals surface area contributed by atoms with E-state index in [1.54, 1.807) is 12.1 Å². The van der Waals surface area contributed by atoms with E-state index in [1.165, 1.54) is 5.56 Å². The summed E-state index contributed by atoms with van der Waals surface area (Å²) in [6, 6.07) is 17.6. The lowest BCUT2D eigenvalue weighted by Gasteiger charge is -2.34. The SMILES string of the molecule is Oc1ccc(N2CCOC(c3ccccc3)C2)cc1. The van der Waals surface area contributed by atoms with Crippen molar-refractivity contribution in [2.75, 3.05) is 24.6 Å². The van der Waals surface area contributed by atoms with Gasteiger partial charge in [-0.3, -0.25) is 0 Å². The number of benzene rings is 2. The summed E-state index contributed by atoms with van der Waals surface area (Å²) in [5, 5.41) is 9.34. The maximum Gasteiger partial charge on any atom is 0.115 e. The van der Waals surface area contributed by atoms with Gasteiger partial charge in [0, 0.05) is 18.8 Å². The van der Waals surface area contributed by atoms with Gasteiger partial charge in [0.1, 0.15) is 11.9 Å². The zero-order valence-electron chi connectivity index (χ0n) is 10.7. The molecule has 0 aliphatic carbocycles. The Kier molecular flexibility index (Phi) is 3.38. The second-order valence-corrected chi connectivity index (χ2v) is 4.73. The number of phenols is 1. The molecule has 0 bridgehead atoms. The van der Waals surface area contributed by atoms with Crippen molar-refractivity contribution in [1.29, 1.82) is 0 Å². The second kappa shape index (κ2) is 5.33. The molecule has 1 atom stereocenters. The Morgan fingerprint density at radius 1 is 1.00 bits per heavy atom. The van der Waals surface area contributed by atoms with E-state index in [9.17, 15) is 5.11 Å². The molecule has 1 N–H and O–H groups in total. The fraction of sp³-hybridized carbons (Fsp3) is 0.250. The van der Waals surface area contributed by atoms with Gasteiger partial charge >= 0.3 is 0 Å². The number of ether oxygens (including phenoxy) is 1. The number of phenolic OH excluding ortho intramolecular Hbond substituents is 1. The van der Waals surface area contributed by atoms with Gasteiger partial charge in [-0.1, -0.05) is 30.3 Å². The van der Waals surface area contributed by atoms with Gasteiger partial charge in [0.15, 0.2) is 0 Å². The summed E-state index contributed by atoms with van der Waals surface area (Å²) in [7, 11) is 0. The number of rotatable bonds is 2. The molecular formula is C16H17NO2. The lowest BCUT2D eigenvalue weighted by molar-refractivity contribution is 0.0398. The molecule has 1 fully saturated rings. The molecule has 1 heterocycles. The highest BCUT2D eigenvalue weighted by Crippen LogP contribution is 2.26. The summed E-state index contributed by atoms with van der Waals surface area (Å²) >= 11 is 0. The van der Waals surface area contributed by atoms with Gasteiger partial charge in [0.25, 0.3) is 0 Å². The Balaban J connectivity index is 1.76. The lowest BCUT2D eigenvalue weighted by Crippen LogP contribution is -2.38. The predicted molar refractivity (Wildman–Crippen MR) is 75.5 cm³/mol. The van der Waals surface area contributed by atoms with E-state index in [1.807, 2.05) is 30.3 Å². The Morgan fingerprint density at radius 3 is 2.47 bits per heavy atom.